The van der Waals surface area contributed by atoms with Crippen molar-refractivity contribution in [3.63, 3.8) is 0 Å². The Kier molecular flexibility index (Phi) is 5.50. The maximum absolute atomic E-state index is 13.2. The molecule has 3 rings (SSSR count). The zero-order chi connectivity index (χ0) is 20.6. The Labute approximate surface area is 167 Å². The molecule has 0 aliphatic carbocycles. The van der Waals surface area contributed by atoms with Gasteiger partial charge in [0.15, 0.2) is 0 Å². The van der Waals surface area contributed by atoms with Gasteiger partial charge in [-0.2, -0.15) is 0 Å². The van der Waals surface area contributed by atoms with Gasteiger partial charge in [-0.05, 0) is 59.6 Å². The standard InChI is InChI=1S/C22H31N3O3/c1-15(2)24(16(3)4)19(26)11-8-14-23-21(28)17-9-6-7-10-18(17)25-20(27)12-13-22(23,25)5/h6-7,9-10,15-16H,8,11-14H2,1-5H3. The van der Waals surface area contributed by atoms with Gasteiger partial charge in [-0.15, -0.1) is 0 Å². The van der Waals surface area contributed by atoms with Gasteiger partial charge in [0.1, 0.15) is 5.66 Å². The molecule has 0 spiro atoms. The predicted octanol–water partition coefficient (Wildman–Crippen LogP) is 3.41. The third kappa shape index (κ3) is 3.29. The van der Waals surface area contributed by atoms with Crippen molar-refractivity contribution >= 4 is 23.4 Å². The van der Waals surface area contributed by atoms with Crippen molar-refractivity contribution in [2.75, 3.05) is 11.4 Å². The zero-order valence-corrected chi connectivity index (χ0v) is 17.6. The zero-order valence-electron chi connectivity index (χ0n) is 17.6. The molecule has 3 amide bonds. The van der Waals surface area contributed by atoms with Crippen LogP contribution in [0.1, 0.15) is 70.7 Å². The molecule has 28 heavy (non-hydrogen) atoms. The molecule has 1 saturated heterocycles. The second-order valence-electron chi connectivity index (χ2n) is 8.51. The smallest absolute Gasteiger partial charge is 0.257 e. The van der Waals surface area contributed by atoms with E-state index in [9.17, 15) is 14.4 Å². The van der Waals surface area contributed by atoms with Crippen LogP contribution < -0.4 is 4.90 Å². The number of amides is 3. The first-order valence-electron chi connectivity index (χ1n) is 10.2. The maximum atomic E-state index is 13.2. The molecule has 6 nitrogen and oxygen atoms in total. The van der Waals surface area contributed by atoms with Crippen LogP contribution >= 0.6 is 0 Å². The summed E-state index contributed by atoms with van der Waals surface area (Å²) in [5, 5.41) is 0. The van der Waals surface area contributed by atoms with E-state index < -0.39 is 5.66 Å². The number of nitrogens with zero attached hydrogens (tertiary/aromatic N) is 3. The van der Waals surface area contributed by atoms with Crippen molar-refractivity contribution in [1.82, 2.24) is 9.80 Å². The van der Waals surface area contributed by atoms with Crippen LogP contribution in [0.2, 0.25) is 0 Å². The number of rotatable bonds is 6. The minimum atomic E-state index is -0.651. The van der Waals surface area contributed by atoms with Gasteiger partial charge in [-0.25, -0.2) is 0 Å². The third-order valence-electron chi connectivity index (χ3n) is 5.92. The summed E-state index contributed by atoms with van der Waals surface area (Å²) < 4.78 is 0. The Hall–Kier alpha value is -2.37. The topological polar surface area (TPSA) is 60.9 Å². The van der Waals surface area contributed by atoms with Crippen molar-refractivity contribution in [1.29, 1.82) is 0 Å². The molecule has 6 heteroatoms. The minimum Gasteiger partial charge on any atom is -0.338 e. The molecule has 1 aromatic rings. The van der Waals surface area contributed by atoms with E-state index in [1.54, 1.807) is 15.9 Å². The molecule has 0 N–H and O–H groups in total. The SMILES string of the molecule is CC(C)N(C(=O)CCCN1C(=O)c2ccccc2N2C(=O)CCC12C)C(C)C. The molecule has 0 bridgehead atoms. The van der Waals surface area contributed by atoms with Gasteiger partial charge in [0, 0.05) is 31.5 Å². The number of carbonyl (C=O) groups is 3. The lowest BCUT2D eigenvalue weighted by Crippen LogP contribution is -2.62. The number of hydrogen-bond donors (Lipinski definition) is 0. The fourth-order valence-electron chi connectivity index (χ4n) is 4.73. The van der Waals surface area contributed by atoms with Crippen molar-refractivity contribution in [2.45, 2.75) is 78.0 Å². The Morgan fingerprint density at radius 2 is 1.79 bits per heavy atom. The van der Waals surface area contributed by atoms with Crippen LogP contribution in [-0.4, -0.2) is 51.8 Å². The molecule has 2 heterocycles. The quantitative estimate of drug-likeness (QED) is 0.754. The molecular weight excluding hydrogens is 354 g/mol. The number of fused-ring (bicyclic) bond motifs is 3. The van der Waals surface area contributed by atoms with Gasteiger partial charge in [0.05, 0.1) is 11.3 Å². The van der Waals surface area contributed by atoms with E-state index in [1.807, 2.05) is 57.7 Å². The van der Waals surface area contributed by atoms with Crippen LogP contribution in [0.25, 0.3) is 0 Å². The number of hydrogen-bond acceptors (Lipinski definition) is 3. The second kappa shape index (κ2) is 7.57. The Bertz CT molecular complexity index is 781. The predicted molar refractivity (Wildman–Crippen MR) is 109 cm³/mol. The van der Waals surface area contributed by atoms with Gasteiger partial charge >= 0.3 is 0 Å². The van der Waals surface area contributed by atoms with E-state index in [0.29, 0.717) is 43.5 Å². The van der Waals surface area contributed by atoms with Gasteiger partial charge in [-0.3, -0.25) is 19.3 Å². The molecule has 1 aromatic carbocycles. The lowest BCUT2D eigenvalue weighted by atomic mass is 9.97. The lowest BCUT2D eigenvalue weighted by Gasteiger charge is -2.48. The monoisotopic (exact) mass is 385 g/mol. The van der Waals surface area contributed by atoms with Crippen LogP contribution in [0.4, 0.5) is 5.69 Å². The van der Waals surface area contributed by atoms with E-state index in [1.165, 1.54) is 0 Å². The number of benzene rings is 1. The molecule has 2 aliphatic rings. The van der Waals surface area contributed by atoms with Crippen LogP contribution in [-0.2, 0) is 9.59 Å². The highest BCUT2D eigenvalue weighted by atomic mass is 16.2. The summed E-state index contributed by atoms with van der Waals surface area (Å²) in [4.78, 5) is 43.9. The molecule has 0 saturated carbocycles. The summed E-state index contributed by atoms with van der Waals surface area (Å²) in [6.07, 6.45) is 2.03. The third-order valence-corrected chi connectivity index (χ3v) is 5.92. The molecule has 0 aromatic heterocycles. The van der Waals surface area contributed by atoms with Crippen LogP contribution in [0, 0.1) is 0 Å². The van der Waals surface area contributed by atoms with Crippen molar-refractivity contribution in [3.05, 3.63) is 29.8 Å². The first kappa shape index (κ1) is 20.4. The number of anilines is 1. The Morgan fingerprint density at radius 1 is 1.14 bits per heavy atom. The first-order chi connectivity index (χ1) is 13.2. The fraction of sp³-hybridized carbons (Fsp3) is 0.591. The normalized spacial score (nSPS) is 21.4. The highest BCUT2D eigenvalue weighted by molar-refractivity contribution is 6.10. The summed E-state index contributed by atoms with van der Waals surface area (Å²) in [6.45, 7) is 10.5. The second-order valence-corrected chi connectivity index (χ2v) is 8.51. The average molecular weight is 386 g/mol. The lowest BCUT2D eigenvalue weighted by molar-refractivity contribution is -0.135. The van der Waals surface area contributed by atoms with E-state index in [2.05, 4.69) is 0 Å². The van der Waals surface area contributed by atoms with Gasteiger partial charge in [0.25, 0.3) is 5.91 Å². The van der Waals surface area contributed by atoms with Gasteiger partial charge < -0.3 is 9.80 Å². The average Bonchev–Trinajstić information content (AvgIpc) is 2.93. The van der Waals surface area contributed by atoms with Crippen LogP contribution in [0.3, 0.4) is 0 Å². The molecule has 152 valence electrons. The molecule has 0 radical (unpaired) electrons. The van der Waals surface area contributed by atoms with Gasteiger partial charge in [-0.1, -0.05) is 12.1 Å². The molecule has 1 atom stereocenters. The number of para-hydroxylation sites is 1. The van der Waals surface area contributed by atoms with E-state index >= 15 is 0 Å². The van der Waals surface area contributed by atoms with Crippen LogP contribution in [0.5, 0.6) is 0 Å². The molecule has 1 fully saturated rings. The highest BCUT2D eigenvalue weighted by Gasteiger charge is 2.52. The Morgan fingerprint density at radius 3 is 2.43 bits per heavy atom. The minimum absolute atomic E-state index is 0.0503. The summed E-state index contributed by atoms with van der Waals surface area (Å²) in [5.41, 5.74) is 0.615. The van der Waals surface area contributed by atoms with Crippen molar-refractivity contribution < 1.29 is 14.4 Å². The first-order valence-corrected chi connectivity index (χ1v) is 10.2. The summed E-state index contributed by atoms with van der Waals surface area (Å²) in [7, 11) is 0. The van der Waals surface area contributed by atoms with E-state index in [4.69, 9.17) is 0 Å². The molecule has 1 unspecified atom stereocenters. The van der Waals surface area contributed by atoms with Gasteiger partial charge in [0.2, 0.25) is 11.8 Å². The number of carbonyl (C=O) groups excluding carboxylic acids is 3. The highest BCUT2D eigenvalue weighted by Crippen LogP contribution is 2.44. The van der Waals surface area contributed by atoms with E-state index in [0.717, 1.165) is 0 Å². The van der Waals surface area contributed by atoms with Crippen molar-refractivity contribution in [2.24, 2.45) is 0 Å². The summed E-state index contributed by atoms with van der Waals surface area (Å²) in [5.74, 6) is 0.106. The van der Waals surface area contributed by atoms with Crippen molar-refractivity contribution in [3.8, 4) is 0 Å². The summed E-state index contributed by atoms with van der Waals surface area (Å²) >= 11 is 0. The van der Waals surface area contributed by atoms with Crippen LogP contribution in [0.15, 0.2) is 24.3 Å². The molecule has 2 aliphatic heterocycles. The molecular formula is C22H31N3O3. The Balaban J connectivity index is 1.78. The largest absolute Gasteiger partial charge is 0.338 e. The van der Waals surface area contributed by atoms with E-state index in [-0.39, 0.29) is 29.8 Å². The maximum Gasteiger partial charge on any atom is 0.257 e. The summed E-state index contributed by atoms with van der Waals surface area (Å²) in [6, 6.07) is 7.61. The fourth-order valence-corrected chi connectivity index (χ4v) is 4.73.